The van der Waals surface area contributed by atoms with Crippen LogP contribution in [0.25, 0.3) is 0 Å². The van der Waals surface area contributed by atoms with Gasteiger partial charge < -0.3 is 20.9 Å². The Morgan fingerprint density at radius 2 is 1.77 bits per heavy atom. The zero-order chi connectivity index (χ0) is 34.5. The SMILES string of the molecule is CCC(=O)N[C@@H](C(=O)N1CC2(C1)CC(F)(F)C2)C(C)c1ccc(NC(=O)/C(=C/CCC(C)CC)NC(=O)c2ccnn2CC)c(F)c1. The average Bonchev–Trinajstić information content (AvgIpc) is 3.49. The summed E-state index contributed by atoms with van der Waals surface area (Å²) in [6, 6.07) is 4.61. The molecule has 13 heteroatoms. The number of anilines is 1. The third-order valence-electron chi connectivity index (χ3n) is 9.25. The Morgan fingerprint density at radius 1 is 1.06 bits per heavy atom. The van der Waals surface area contributed by atoms with Crippen molar-refractivity contribution < 1.29 is 32.3 Å². The van der Waals surface area contributed by atoms with E-state index in [1.54, 1.807) is 32.1 Å². The van der Waals surface area contributed by atoms with Crippen LogP contribution in [0.4, 0.5) is 18.9 Å². The highest BCUT2D eigenvalue weighted by Crippen LogP contribution is 2.56. The van der Waals surface area contributed by atoms with E-state index in [4.69, 9.17) is 0 Å². The van der Waals surface area contributed by atoms with Crippen molar-refractivity contribution in [1.82, 2.24) is 25.3 Å². The molecule has 2 heterocycles. The van der Waals surface area contributed by atoms with E-state index in [1.165, 1.54) is 27.9 Å². The van der Waals surface area contributed by atoms with Crippen LogP contribution in [0, 0.1) is 17.2 Å². The summed E-state index contributed by atoms with van der Waals surface area (Å²) in [5.41, 5.74) is -0.0699. The number of aryl methyl sites for hydroxylation is 1. The molecule has 1 aromatic carbocycles. The van der Waals surface area contributed by atoms with Gasteiger partial charge in [0.05, 0.1) is 5.69 Å². The summed E-state index contributed by atoms with van der Waals surface area (Å²) in [5, 5.41) is 12.0. The fourth-order valence-corrected chi connectivity index (χ4v) is 6.24. The molecular formula is C34H45F3N6O4. The maximum Gasteiger partial charge on any atom is 0.274 e. The van der Waals surface area contributed by atoms with Crippen LogP contribution in [0.3, 0.4) is 0 Å². The van der Waals surface area contributed by atoms with Gasteiger partial charge >= 0.3 is 0 Å². The fourth-order valence-electron chi connectivity index (χ4n) is 6.24. The number of likely N-dealkylation sites (tertiary alicyclic amines) is 1. The first-order valence-corrected chi connectivity index (χ1v) is 16.3. The number of benzene rings is 1. The summed E-state index contributed by atoms with van der Waals surface area (Å²) in [4.78, 5) is 53.6. The Kier molecular flexibility index (Phi) is 11.2. The number of amides is 4. The number of rotatable bonds is 14. The Balaban J connectivity index is 1.48. The second-order valence-corrected chi connectivity index (χ2v) is 13.0. The first kappa shape index (κ1) is 35.7. The Hall–Kier alpha value is -4.16. The van der Waals surface area contributed by atoms with Gasteiger partial charge in [-0.1, -0.05) is 46.3 Å². The number of nitrogens with one attached hydrogen (secondary N) is 3. The largest absolute Gasteiger partial charge is 0.344 e. The van der Waals surface area contributed by atoms with Gasteiger partial charge in [-0.2, -0.15) is 5.10 Å². The highest BCUT2D eigenvalue weighted by Gasteiger charge is 2.62. The van der Waals surface area contributed by atoms with Crippen molar-refractivity contribution in [3.8, 4) is 0 Å². The zero-order valence-electron chi connectivity index (χ0n) is 27.7. The molecule has 1 saturated heterocycles. The van der Waals surface area contributed by atoms with Crippen LogP contribution < -0.4 is 16.0 Å². The summed E-state index contributed by atoms with van der Waals surface area (Å²) in [6.07, 6.45) is 4.98. The number of carbonyl (C=O) groups is 4. The third-order valence-corrected chi connectivity index (χ3v) is 9.25. The predicted octanol–water partition coefficient (Wildman–Crippen LogP) is 5.38. The second-order valence-electron chi connectivity index (χ2n) is 13.0. The van der Waals surface area contributed by atoms with Crippen molar-refractivity contribution in [3.63, 3.8) is 0 Å². The van der Waals surface area contributed by atoms with Crippen LogP contribution in [0.1, 0.15) is 95.1 Å². The molecule has 1 saturated carbocycles. The summed E-state index contributed by atoms with van der Waals surface area (Å²) in [5.74, 6) is -5.76. The van der Waals surface area contributed by atoms with Gasteiger partial charge in [0.1, 0.15) is 23.3 Å². The number of hydrogen-bond acceptors (Lipinski definition) is 5. The molecule has 4 amide bonds. The monoisotopic (exact) mass is 658 g/mol. The summed E-state index contributed by atoms with van der Waals surface area (Å²) < 4.78 is 44.0. The number of aromatic nitrogens is 2. The molecule has 4 rings (SSSR count). The van der Waals surface area contributed by atoms with Gasteiger partial charge in [-0.25, -0.2) is 13.2 Å². The molecule has 2 aromatic rings. The van der Waals surface area contributed by atoms with Crippen LogP contribution in [-0.4, -0.2) is 63.4 Å². The Bertz CT molecular complexity index is 1510. The lowest BCUT2D eigenvalue weighted by Crippen LogP contribution is -2.69. The quantitative estimate of drug-likeness (QED) is 0.235. The topological polar surface area (TPSA) is 125 Å². The molecule has 1 aromatic heterocycles. The van der Waals surface area contributed by atoms with E-state index in [9.17, 15) is 28.0 Å². The number of allylic oxidation sites excluding steroid dienone is 1. The van der Waals surface area contributed by atoms with E-state index in [1.807, 2.05) is 6.92 Å². The van der Waals surface area contributed by atoms with E-state index >= 15 is 4.39 Å². The second kappa shape index (κ2) is 14.7. The maximum absolute atomic E-state index is 15.5. The van der Waals surface area contributed by atoms with E-state index in [0.717, 1.165) is 12.8 Å². The van der Waals surface area contributed by atoms with Crippen molar-refractivity contribution in [2.45, 2.75) is 97.6 Å². The summed E-state index contributed by atoms with van der Waals surface area (Å²) >= 11 is 0. The van der Waals surface area contributed by atoms with Crippen LogP contribution in [0.15, 0.2) is 42.2 Å². The Labute approximate surface area is 273 Å². The molecule has 3 atom stereocenters. The summed E-state index contributed by atoms with van der Waals surface area (Å²) in [7, 11) is 0. The zero-order valence-corrected chi connectivity index (χ0v) is 27.7. The predicted molar refractivity (Wildman–Crippen MR) is 171 cm³/mol. The number of hydrogen-bond donors (Lipinski definition) is 3. The molecule has 0 bridgehead atoms. The van der Waals surface area contributed by atoms with E-state index in [0.29, 0.717) is 24.4 Å². The van der Waals surface area contributed by atoms with Crippen molar-refractivity contribution in [1.29, 1.82) is 0 Å². The first-order chi connectivity index (χ1) is 22.2. The number of alkyl halides is 2. The van der Waals surface area contributed by atoms with Crippen molar-refractivity contribution >= 4 is 29.3 Å². The highest BCUT2D eigenvalue weighted by atomic mass is 19.3. The lowest BCUT2D eigenvalue weighted by atomic mass is 9.61. The first-order valence-electron chi connectivity index (χ1n) is 16.3. The summed E-state index contributed by atoms with van der Waals surface area (Å²) in [6.45, 7) is 10.1. The van der Waals surface area contributed by atoms with Gasteiger partial charge in [0.2, 0.25) is 17.7 Å². The van der Waals surface area contributed by atoms with Crippen LogP contribution in [-0.2, 0) is 20.9 Å². The molecule has 10 nitrogen and oxygen atoms in total. The molecule has 2 unspecified atom stereocenters. The van der Waals surface area contributed by atoms with Crippen LogP contribution >= 0.6 is 0 Å². The van der Waals surface area contributed by atoms with Gasteiger partial charge in [-0.3, -0.25) is 23.9 Å². The van der Waals surface area contributed by atoms with Gasteiger partial charge in [-0.15, -0.1) is 0 Å². The number of nitrogens with zero attached hydrogens (tertiary/aromatic N) is 3. The smallest absolute Gasteiger partial charge is 0.274 e. The molecular weight excluding hydrogens is 613 g/mol. The van der Waals surface area contributed by atoms with E-state index in [-0.39, 0.29) is 55.3 Å². The molecule has 0 radical (unpaired) electrons. The molecule has 47 heavy (non-hydrogen) atoms. The van der Waals surface area contributed by atoms with Gasteiger partial charge in [0, 0.05) is 56.4 Å². The lowest BCUT2D eigenvalue weighted by Gasteiger charge is -2.59. The molecule has 256 valence electrons. The van der Waals surface area contributed by atoms with Crippen molar-refractivity contribution in [2.24, 2.45) is 11.3 Å². The average molecular weight is 659 g/mol. The van der Waals surface area contributed by atoms with Crippen LogP contribution in [0.2, 0.25) is 0 Å². The number of halogens is 3. The van der Waals surface area contributed by atoms with Gasteiger partial charge in [0.15, 0.2) is 0 Å². The lowest BCUT2D eigenvalue weighted by molar-refractivity contribution is -0.215. The molecule has 1 aliphatic carbocycles. The molecule has 3 N–H and O–H groups in total. The fraction of sp³-hybridized carbons (Fsp3) is 0.559. The highest BCUT2D eigenvalue weighted by molar-refractivity contribution is 6.07. The normalized spacial score (nSPS) is 18.4. The maximum atomic E-state index is 15.5. The molecule has 2 fully saturated rings. The van der Waals surface area contributed by atoms with Crippen molar-refractivity contribution in [2.75, 3.05) is 18.4 Å². The molecule has 1 spiro atoms. The number of carbonyl (C=O) groups excluding carboxylic acids is 4. The minimum atomic E-state index is -2.71. The minimum Gasteiger partial charge on any atom is -0.344 e. The molecule has 2 aliphatic rings. The van der Waals surface area contributed by atoms with E-state index < -0.39 is 46.8 Å². The minimum absolute atomic E-state index is 0.0246. The van der Waals surface area contributed by atoms with Gasteiger partial charge in [0.25, 0.3) is 11.8 Å². The third kappa shape index (κ3) is 8.41. The van der Waals surface area contributed by atoms with E-state index in [2.05, 4.69) is 34.9 Å². The van der Waals surface area contributed by atoms with Crippen molar-refractivity contribution in [3.05, 3.63) is 59.3 Å². The molecule has 1 aliphatic heterocycles. The van der Waals surface area contributed by atoms with Crippen LogP contribution in [0.5, 0.6) is 0 Å². The Morgan fingerprint density at radius 3 is 2.36 bits per heavy atom. The van der Waals surface area contributed by atoms with Gasteiger partial charge in [-0.05, 0) is 49.4 Å². The standard InChI is InChI=1S/C34H45F3N6O4/c1-6-21(4)10-9-11-26(40-31(46)27-14-15-38-43(27)8-3)30(45)39-25-13-12-23(16-24(25)35)22(5)29(41-28(44)7-2)32(47)42-19-33(20-42)17-34(36,37)18-33/h11-16,21-22,29H,6-10,17-20H2,1-5H3,(H,39,45)(H,40,46)(H,41,44)/b26-11-/t21?,22?,29-/m1/s1.